The Morgan fingerprint density at radius 1 is 1.36 bits per heavy atom. The van der Waals surface area contributed by atoms with Crippen molar-refractivity contribution in [2.75, 3.05) is 27.2 Å². The fourth-order valence-electron chi connectivity index (χ4n) is 2.85. The highest BCUT2D eigenvalue weighted by atomic mass is 16.3. The van der Waals surface area contributed by atoms with Crippen molar-refractivity contribution in [3.63, 3.8) is 0 Å². The lowest BCUT2D eigenvalue weighted by Crippen LogP contribution is -2.36. The molecule has 1 N–H and O–H groups in total. The Morgan fingerprint density at radius 2 is 2.16 bits per heavy atom. The third-order valence-electron chi connectivity index (χ3n) is 4.08. The second kappa shape index (κ2) is 6.90. The van der Waals surface area contributed by atoms with Crippen molar-refractivity contribution in [1.82, 2.24) is 14.8 Å². The number of amides is 1. The normalized spacial score (nSPS) is 17.6. The Kier molecular flexibility index (Phi) is 4.67. The third kappa shape index (κ3) is 3.18. The predicted octanol–water partition coefficient (Wildman–Crippen LogP) is 1.81. The van der Waals surface area contributed by atoms with Crippen molar-refractivity contribution in [3.8, 4) is 0 Å². The number of likely N-dealkylation sites (N-methyl/N-ethyl adjacent to an activating group) is 1. The van der Waals surface area contributed by atoms with Crippen molar-refractivity contribution in [1.29, 1.82) is 0 Å². The van der Waals surface area contributed by atoms with Crippen LogP contribution in [0.25, 0.3) is 0 Å². The Labute approximate surface area is 145 Å². The summed E-state index contributed by atoms with van der Waals surface area (Å²) in [5.41, 5.74) is 0.681. The number of hydrogen-bond donors (Lipinski definition) is 1. The lowest BCUT2D eigenvalue weighted by Gasteiger charge is -2.27. The van der Waals surface area contributed by atoms with E-state index in [-0.39, 0.29) is 11.3 Å². The molecule has 0 saturated heterocycles. The molecule has 1 amide bonds. The number of aliphatic hydroxyl groups excluding tert-OH is 1. The number of carbonyl (C=O) groups excluding carboxylic acids is 2. The molecule has 0 aliphatic carbocycles. The highest BCUT2D eigenvalue weighted by Gasteiger charge is 2.44. The average molecular weight is 341 g/mol. The summed E-state index contributed by atoms with van der Waals surface area (Å²) in [6.45, 7) is 0.961. The van der Waals surface area contributed by atoms with Crippen molar-refractivity contribution < 1.29 is 19.1 Å². The van der Waals surface area contributed by atoms with Crippen LogP contribution in [0.5, 0.6) is 0 Å². The maximum Gasteiger partial charge on any atom is 0.290 e. The molecule has 0 saturated carbocycles. The Morgan fingerprint density at radius 3 is 2.76 bits per heavy atom. The highest BCUT2D eigenvalue weighted by molar-refractivity contribution is 6.14. The Bertz CT molecular complexity index is 797. The number of nitrogens with zero attached hydrogens (tertiary/aromatic N) is 3. The minimum Gasteiger partial charge on any atom is -0.503 e. The number of aromatic nitrogens is 1. The van der Waals surface area contributed by atoms with Gasteiger partial charge < -0.3 is 19.3 Å². The molecular weight excluding hydrogens is 322 g/mol. The molecule has 0 radical (unpaired) electrons. The van der Waals surface area contributed by atoms with Crippen molar-refractivity contribution >= 4 is 11.7 Å². The van der Waals surface area contributed by atoms with Crippen LogP contribution >= 0.6 is 0 Å². The summed E-state index contributed by atoms with van der Waals surface area (Å²) < 4.78 is 5.16. The van der Waals surface area contributed by atoms with Crippen LogP contribution in [0.15, 0.2) is 58.7 Å². The van der Waals surface area contributed by atoms with Crippen LogP contribution in [-0.2, 0) is 4.79 Å². The molecule has 1 atom stereocenters. The van der Waals surface area contributed by atoms with Crippen LogP contribution in [0.2, 0.25) is 0 Å². The zero-order valence-electron chi connectivity index (χ0n) is 14.0. The summed E-state index contributed by atoms with van der Waals surface area (Å²) in [6.07, 6.45) is 4.58. The summed E-state index contributed by atoms with van der Waals surface area (Å²) in [5, 5.41) is 10.4. The van der Waals surface area contributed by atoms with Gasteiger partial charge in [0, 0.05) is 25.5 Å². The number of aliphatic hydroxyl groups is 1. The van der Waals surface area contributed by atoms with E-state index in [1.54, 1.807) is 30.6 Å². The highest BCUT2D eigenvalue weighted by Crippen LogP contribution is 2.38. The van der Waals surface area contributed by atoms with E-state index in [9.17, 15) is 14.7 Å². The van der Waals surface area contributed by atoms with Crippen LogP contribution < -0.4 is 0 Å². The van der Waals surface area contributed by atoms with E-state index in [1.807, 2.05) is 19.0 Å². The second-order valence-corrected chi connectivity index (χ2v) is 6.06. The smallest absolute Gasteiger partial charge is 0.290 e. The van der Waals surface area contributed by atoms with Crippen LogP contribution in [0, 0.1) is 0 Å². The zero-order chi connectivity index (χ0) is 18.0. The molecule has 1 aliphatic rings. The monoisotopic (exact) mass is 341 g/mol. The van der Waals surface area contributed by atoms with Gasteiger partial charge >= 0.3 is 0 Å². The number of ketones is 1. The molecule has 25 heavy (non-hydrogen) atoms. The molecule has 0 bridgehead atoms. The summed E-state index contributed by atoms with van der Waals surface area (Å²) in [7, 11) is 3.78. The van der Waals surface area contributed by atoms with Crippen LogP contribution in [0.3, 0.4) is 0 Å². The van der Waals surface area contributed by atoms with E-state index in [0.717, 1.165) is 0 Å². The molecule has 130 valence electrons. The SMILES string of the molecule is CN(C)CCN1C(=O)C(O)=C(C(=O)c2ccco2)C1c1cccnc1. The molecule has 2 aromatic rings. The Hall–Kier alpha value is -2.93. The van der Waals surface area contributed by atoms with E-state index in [0.29, 0.717) is 18.7 Å². The maximum atomic E-state index is 12.8. The molecular formula is C18H19N3O4. The molecule has 2 aromatic heterocycles. The van der Waals surface area contributed by atoms with Gasteiger partial charge in [-0.15, -0.1) is 0 Å². The quantitative estimate of drug-likeness (QED) is 0.807. The van der Waals surface area contributed by atoms with Gasteiger partial charge in [0.15, 0.2) is 11.5 Å². The minimum atomic E-state index is -0.696. The minimum absolute atomic E-state index is 0.0201. The van der Waals surface area contributed by atoms with Gasteiger partial charge in [0.05, 0.1) is 17.9 Å². The summed E-state index contributed by atoms with van der Waals surface area (Å²) in [5.74, 6) is -1.52. The molecule has 7 heteroatoms. The lowest BCUT2D eigenvalue weighted by molar-refractivity contribution is -0.129. The number of carbonyl (C=O) groups is 2. The second-order valence-electron chi connectivity index (χ2n) is 6.06. The first-order valence-corrected chi connectivity index (χ1v) is 7.87. The van der Waals surface area contributed by atoms with Crippen LogP contribution in [0.4, 0.5) is 0 Å². The van der Waals surface area contributed by atoms with Crippen molar-refractivity contribution in [2.24, 2.45) is 0 Å². The van der Waals surface area contributed by atoms with Crippen molar-refractivity contribution in [2.45, 2.75) is 6.04 Å². The van der Waals surface area contributed by atoms with Gasteiger partial charge in [0.25, 0.3) is 5.91 Å². The van der Waals surface area contributed by atoms with Gasteiger partial charge in [0.2, 0.25) is 5.78 Å². The van der Waals surface area contributed by atoms with Crippen LogP contribution in [-0.4, -0.2) is 58.8 Å². The molecule has 1 unspecified atom stereocenters. The number of pyridine rings is 1. The summed E-state index contributed by atoms with van der Waals surface area (Å²) in [6, 6.07) is 5.91. The zero-order valence-corrected chi connectivity index (χ0v) is 14.0. The molecule has 0 spiro atoms. The Balaban J connectivity index is 2.04. The number of furan rings is 1. The number of rotatable bonds is 6. The van der Waals surface area contributed by atoms with Gasteiger partial charge in [-0.25, -0.2) is 0 Å². The van der Waals surface area contributed by atoms with Gasteiger partial charge in [-0.2, -0.15) is 0 Å². The molecule has 0 aromatic carbocycles. The molecule has 3 heterocycles. The molecule has 7 nitrogen and oxygen atoms in total. The van der Waals surface area contributed by atoms with E-state index in [4.69, 9.17) is 4.42 Å². The predicted molar refractivity (Wildman–Crippen MR) is 89.9 cm³/mol. The maximum absolute atomic E-state index is 12.8. The first-order valence-electron chi connectivity index (χ1n) is 7.87. The first kappa shape index (κ1) is 16.9. The van der Waals surface area contributed by atoms with Gasteiger partial charge in [0.1, 0.15) is 0 Å². The topological polar surface area (TPSA) is 86.9 Å². The van der Waals surface area contributed by atoms with Crippen molar-refractivity contribution in [3.05, 3.63) is 65.6 Å². The fraction of sp³-hybridized carbons (Fsp3) is 0.278. The van der Waals surface area contributed by atoms with Gasteiger partial charge in [-0.1, -0.05) is 6.07 Å². The van der Waals surface area contributed by atoms with Gasteiger partial charge in [-0.3, -0.25) is 14.6 Å². The van der Waals surface area contributed by atoms with E-state index >= 15 is 0 Å². The third-order valence-corrected chi connectivity index (χ3v) is 4.08. The van der Waals surface area contributed by atoms with Gasteiger partial charge in [-0.05, 0) is 37.9 Å². The van der Waals surface area contributed by atoms with E-state index in [2.05, 4.69) is 4.98 Å². The first-order chi connectivity index (χ1) is 12.0. The summed E-state index contributed by atoms with van der Waals surface area (Å²) in [4.78, 5) is 32.9. The van der Waals surface area contributed by atoms with Crippen LogP contribution in [0.1, 0.15) is 22.2 Å². The molecule has 3 rings (SSSR count). The number of Topliss-reactive ketones (excluding diaryl/α,β-unsaturated/α-hetero) is 1. The van der Waals surface area contributed by atoms with E-state index in [1.165, 1.54) is 17.2 Å². The fourth-order valence-corrected chi connectivity index (χ4v) is 2.85. The average Bonchev–Trinajstić information content (AvgIpc) is 3.22. The standard InChI is InChI=1S/C18H19N3O4/c1-20(2)8-9-21-15(12-5-3-7-19-11-12)14(17(23)18(21)24)16(22)13-6-4-10-25-13/h3-7,10-11,15,23H,8-9H2,1-2H3. The largest absolute Gasteiger partial charge is 0.503 e. The van der Waals surface area contributed by atoms with E-state index < -0.39 is 23.5 Å². The molecule has 0 fully saturated rings. The summed E-state index contributed by atoms with van der Waals surface area (Å²) >= 11 is 0. The molecule has 1 aliphatic heterocycles. The number of hydrogen-bond acceptors (Lipinski definition) is 6. The lowest BCUT2D eigenvalue weighted by atomic mass is 9.96.